The summed E-state index contributed by atoms with van der Waals surface area (Å²) in [5, 5.41) is 12.4. The van der Waals surface area contributed by atoms with E-state index in [1.54, 1.807) is 48.5 Å². The first kappa shape index (κ1) is 23.0. The third-order valence-corrected chi connectivity index (χ3v) is 5.78. The first-order valence-corrected chi connectivity index (χ1v) is 10.4. The van der Waals surface area contributed by atoms with E-state index >= 15 is 0 Å². The summed E-state index contributed by atoms with van der Waals surface area (Å²) in [6.07, 6.45) is -0.125. The van der Waals surface area contributed by atoms with Gasteiger partial charge in [0.25, 0.3) is 5.91 Å². The second kappa shape index (κ2) is 9.64. The zero-order valence-electron chi connectivity index (χ0n) is 18.4. The van der Waals surface area contributed by atoms with Crippen molar-refractivity contribution in [2.24, 2.45) is 0 Å². The molecule has 0 bridgehead atoms. The van der Waals surface area contributed by atoms with E-state index in [1.807, 2.05) is 6.92 Å². The number of carboxylic acid groups (broad SMARTS) is 1. The standard InChI is InChI=1S/C24H27N3O5/c1-15-11-12-18(16(2)28)14-19(15)25-22(29)20-10-7-13-27(20)23(30)21(26(3)24(31)32)17-8-5-4-6-9-17/h4-6,8-9,11-12,14,20-21H,7,10,13H2,1-3H3,(H,25,29)(H,31,32)/t20-,21+/m0/s1. The molecule has 0 aliphatic carbocycles. The molecule has 32 heavy (non-hydrogen) atoms. The minimum Gasteiger partial charge on any atom is -0.465 e. The number of likely N-dealkylation sites (tertiary alicyclic amines) is 1. The molecule has 2 atom stereocenters. The van der Waals surface area contributed by atoms with Gasteiger partial charge in [-0.1, -0.05) is 42.5 Å². The summed E-state index contributed by atoms with van der Waals surface area (Å²) in [7, 11) is 1.35. The van der Waals surface area contributed by atoms with E-state index in [1.165, 1.54) is 18.9 Å². The van der Waals surface area contributed by atoms with Gasteiger partial charge in [0.1, 0.15) is 12.1 Å². The number of likely N-dealkylation sites (N-methyl/N-ethyl adjacent to an activating group) is 1. The van der Waals surface area contributed by atoms with Crippen LogP contribution in [-0.2, 0) is 9.59 Å². The van der Waals surface area contributed by atoms with Gasteiger partial charge < -0.3 is 15.3 Å². The zero-order valence-corrected chi connectivity index (χ0v) is 18.4. The number of nitrogens with one attached hydrogen (secondary N) is 1. The third-order valence-electron chi connectivity index (χ3n) is 5.78. The normalized spacial score (nSPS) is 16.3. The molecule has 8 heteroatoms. The second-order valence-corrected chi connectivity index (χ2v) is 7.97. The molecule has 3 rings (SSSR count). The Balaban J connectivity index is 1.85. The third kappa shape index (κ3) is 4.80. The molecule has 8 nitrogen and oxygen atoms in total. The maximum absolute atomic E-state index is 13.5. The Morgan fingerprint density at radius 2 is 1.81 bits per heavy atom. The summed E-state index contributed by atoms with van der Waals surface area (Å²) in [5.41, 5.74) is 2.34. The van der Waals surface area contributed by atoms with Gasteiger partial charge in [-0.05, 0) is 43.9 Å². The zero-order chi connectivity index (χ0) is 23.4. The molecule has 1 heterocycles. The van der Waals surface area contributed by atoms with E-state index < -0.39 is 24.1 Å². The highest BCUT2D eigenvalue weighted by atomic mass is 16.4. The fourth-order valence-electron chi connectivity index (χ4n) is 3.93. The molecule has 1 aliphatic heterocycles. The minimum absolute atomic E-state index is 0.111. The van der Waals surface area contributed by atoms with Crippen molar-refractivity contribution in [2.45, 2.75) is 38.8 Å². The van der Waals surface area contributed by atoms with Gasteiger partial charge in [0.2, 0.25) is 5.91 Å². The van der Waals surface area contributed by atoms with Gasteiger partial charge in [-0.2, -0.15) is 0 Å². The van der Waals surface area contributed by atoms with Crippen LogP contribution in [0.25, 0.3) is 0 Å². The Kier molecular flexibility index (Phi) is 6.92. The molecular weight excluding hydrogens is 410 g/mol. The lowest BCUT2D eigenvalue weighted by atomic mass is 10.0. The highest BCUT2D eigenvalue weighted by Crippen LogP contribution is 2.28. The van der Waals surface area contributed by atoms with Crippen molar-refractivity contribution in [3.63, 3.8) is 0 Å². The number of ketones is 1. The van der Waals surface area contributed by atoms with Crippen LogP contribution in [0.15, 0.2) is 48.5 Å². The molecule has 1 aliphatic rings. The summed E-state index contributed by atoms with van der Waals surface area (Å²) in [6.45, 7) is 3.64. The second-order valence-electron chi connectivity index (χ2n) is 7.97. The van der Waals surface area contributed by atoms with Crippen LogP contribution in [0.5, 0.6) is 0 Å². The van der Waals surface area contributed by atoms with Gasteiger partial charge in [-0.3, -0.25) is 19.3 Å². The maximum atomic E-state index is 13.5. The summed E-state index contributed by atoms with van der Waals surface area (Å²) in [4.78, 5) is 52.4. The predicted molar refractivity (Wildman–Crippen MR) is 120 cm³/mol. The van der Waals surface area contributed by atoms with E-state index in [-0.39, 0.29) is 11.7 Å². The van der Waals surface area contributed by atoms with Crippen LogP contribution in [0.1, 0.15) is 47.3 Å². The van der Waals surface area contributed by atoms with Crippen molar-refractivity contribution in [1.82, 2.24) is 9.80 Å². The van der Waals surface area contributed by atoms with Crippen LogP contribution >= 0.6 is 0 Å². The summed E-state index contributed by atoms with van der Waals surface area (Å²) in [5.74, 6) is -0.905. The van der Waals surface area contributed by atoms with Crippen molar-refractivity contribution < 1.29 is 24.3 Å². The molecule has 0 aromatic heterocycles. The molecule has 0 saturated carbocycles. The van der Waals surface area contributed by atoms with Crippen LogP contribution in [0.4, 0.5) is 10.5 Å². The number of nitrogens with zero attached hydrogens (tertiary/aromatic N) is 2. The molecular formula is C24H27N3O5. The monoisotopic (exact) mass is 437 g/mol. The number of Topliss-reactive ketones (excluding diaryl/α,β-unsaturated/α-hetero) is 1. The van der Waals surface area contributed by atoms with Crippen LogP contribution in [0.2, 0.25) is 0 Å². The number of benzene rings is 2. The number of anilines is 1. The molecule has 2 aromatic rings. The summed E-state index contributed by atoms with van der Waals surface area (Å²) in [6, 6.07) is 12.0. The highest BCUT2D eigenvalue weighted by Gasteiger charge is 2.40. The van der Waals surface area contributed by atoms with Crippen LogP contribution < -0.4 is 5.32 Å². The molecule has 0 spiro atoms. The number of hydrogen-bond acceptors (Lipinski definition) is 4. The van der Waals surface area contributed by atoms with Gasteiger partial charge in [0, 0.05) is 24.8 Å². The Morgan fingerprint density at radius 1 is 1.12 bits per heavy atom. The summed E-state index contributed by atoms with van der Waals surface area (Å²) < 4.78 is 0. The maximum Gasteiger partial charge on any atom is 0.407 e. The Labute approximate surface area is 186 Å². The van der Waals surface area contributed by atoms with Crippen LogP contribution in [-0.4, -0.2) is 58.2 Å². The Morgan fingerprint density at radius 3 is 2.44 bits per heavy atom. The van der Waals surface area contributed by atoms with E-state index in [9.17, 15) is 24.3 Å². The largest absolute Gasteiger partial charge is 0.465 e. The van der Waals surface area contributed by atoms with Crippen LogP contribution in [0, 0.1) is 6.92 Å². The molecule has 1 saturated heterocycles. The van der Waals surface area contributed by atoms with E-state index in [2.05, 4.69) is 5.32 Å². The fourth-order valence-corrected chi connectivity index (χ4v) is 3.93. The molecule has 2 aromatic carbocycles. The number of carbonyl (C=O) groups excluding carboxylic acids is 3. The van der Waals surface area contributed by atoms with Gasteiger partial charge in [0.05, 0.1) is 0 Å². The van der Waals surface area contributed by atoms with Gasteiger partial charge in [-0.25, -0.2) is 4.79 Å². The first-order chi connectivity index (χ1) is 15.2. The van der Waals surface area contributed by atoms with Gasteiger partial charge >= 0.3 is 6.09 Å². The lowest BCUT2D eigenvalue weighted by molar-refractivity contribution is -0.140. The average molecular weight is 437 g/mol. The molecule has 0 radical (unpaired) electrons. The molecule has 168 valence electrons. The van der Waals surface area contributed by atoms with Gasteiger partial charge in [0.15, 0.2) is 5.78 Å². The van der Waals surface area contributed by atoms with Gasteiger partial charge in [-0.15, -0.1) is 0 Å². The van der Waals surface area contributed by atoms with Crippen LogP contribution in [0.3, 0.4) is 0 Å². The number of hydrogen-bond donors (Lipinski definition) is 2. The first-order valence-electron chi connectivity index (χ1n) is 10.4. The topological polar surface area (TPSA) is 107 Å². The van der Waals surface area contributed by atoms with Crippen molar-refractivity contribution >= 4 is 29.4 Å². The summed E-state index contributed by atoms with van der Waals surface area (Å²) >= 11 is 0. The molecule has 0 unspecified atom stereocenters. The quantitative estimate of drug-likeness (QED) is 0.673. The average Bonchev–Trinajstić information content (AvgIpc) is 3.26. The highest BCUT2D eigenvalue weighted by molar-refractivity contribution is 6.01. The van der Waals surface area contributed by atoms with Crippen molar-refractivity contribution in [3.05, 3.63) is 65.2 Å². The fraction of sp³-hybridized carbons (Fsp3) is 0.333. The molecule has 1 fully saturated rings. The Bertz CT molecular complexity index is 1040. The SMILES string of the molecule is CC(=O)c1ccc(C)c(NC(=O)[C@@H]2CCCN2C(=O)[C@@H](c2ccccc2)N(C)C(=O)O)c1. The lowest BCUT2D eigenvalue weighted by Gasteiger charge is -2.32. The lowest BCUT2D eigenvalue weighted by Crippen LogP contribution is -2.49. The van der Waals surface area contributed by atoms with Crippen molar-refractivity contribution in [3.8, 4) is 0 Å². The molecule has 3 amide bonds. The van der Waals surface area contributed by atoms with Crippen molar-refractivity contribution in [1.29, 1.82) is 0 Å². The molecule has 2 N–H and O–H groups in total. The minimum atomic E-state index is -1.23. The number of aryl methyl sites for hydroxylation is 1. The number of amides is 3. The smallest absolute Gasteiger partial charge is 0.407 e. The number of rotatable bonds is 6. The Hall–Kier alpha value is -3.68. The van der Waals surface area contributed by atoms with E-state index in [0.29, 0.717) is 36.2 Å². The van der Waals surface area contributed by atoms with E-state index in [4.69, 9.17) is 0 Å². The predicted octanol–water partition coefficient (Wildman–Crippen LogP) is 3.48. The van der Waals surface area contributed by atoms with Crippen molar-refractivity contribution in [2.75, 3.05) is 18.9 Å². The number of carbonyl (C=O) groups is 4. The van der Waals surface area contributed by atoms with E-state index in [0.717, 1.165) is 10.5 Å².